The molecule has 1 rings (SSSR count). The van der Waals surface area contributed by atoms with E-state index in [-0.39, 0.29) is 6.54 Å². The number of nitrogen functional groups attached to an aromatic ring is 1. The number of alkyl halides is 2. The van der Waals surface area contributed by atoms with Crippen molar-refractivity contribution < 1.29 is 13.9 Å². The summed E-state index contributed by atoms with van der Waals surface area (Å²) in [6.45, 7) is 3.40. The Kier molecular flexibility index (Phi) is 5.84. The van der Waals surface area contributed by atoms with Crippen LogP contribution in [0.15, 0.2) is 0 Å². The van der Waals surface area contributed by atoms with Crippen LogP contribution in [0.3, 0.4) is 0 Å². The predicted molar refractivity (Wildman–Crippen MR) is 69.1 cm³/mol. The number of aliphatic hydroxyl groups excluding tert-OH is 1. The van der Waals surface area contributed by atoms with Gasteiger partial charge in [0.2, 0.25) is 0 Å². The summed E-state index contributed by atoms with van der Waals surface area (Å²) in [6, 6.07) is 0. The summed E-state index contributed by atoms with van der Waals surface area (Å²) in [5.41, 5.74) is 3.06. The molecule has 1 aromatic heterocycles. The molecular formula is C11H19F2N5O. The van der Waals surface area contributed by atoms with Gasteiger partial charge in [0.05, 0.1) is 0 Å². The number of anilines is 2. The molecule has 108 valence electrons. The molecule has 0 aliphatic heterocycles. The number of hydrazine groups is 1. The lowest BCUT2D eigenvalue weighted by Crippen LogP contribution is -2.27. The maximum absolute atomic E-state index is 12.2. The summed E-state index contributed by atoms with van der Waals surface area (Å²) in [6.07, 6.45) is -3.03. The van der Waals surface area contributed by atoms with Crippen LogP contribution in [0.5, 0.6) is 0 Å². The zero-order valence-electron chi connectivity index (χ0n) is 11.0. The van der Waals surface area contributed by atoms with Crippen molar-refractivity contribution in [2.24, 2.45) is 5.84 Å². The van der Waals surface area contributed by atoms with Gasteiger partial charge in [-0.15, -0.1) is 0 Å². The second kappa shape index (κ2) is 7.15. The first kappa shape index (κ1) is 15.5. The van der Waals surface area contributed by atoms with E-state index in [2.05, 4.69) is 20.7 Å². The molecule has 1 atom stereocenters. The van der Waals surface area contributed by atoms with Crippen molar-refractivity contribution in [2.45, 2.75) is 39.2 Å². The number of halogens is 2. The minimum atomic E-state index is -2.79. The number of hydrogen-bond acceptors (Lipinski definition) is 6. The van der Waals surface area contributed by atoms with E-state index >= 15 is 0 Å². The summed E-state index contributed by atoms with van der Waals surface area (Å²) in [5.74, 6) is 6.75. The standard InChI is InChI=1S/C11H19F2N5O/c1-3-4-8-16-10(6(2)11(17-8)18-14)15-5-7(19)9(12)13/h7,9,19H,3-5,14H2,1-2H3,(H2,15,16,17,18). The van der Waals surface area contributed by atoms with Gasteiger partial charge in [0.1, 0.15) is 23.6 Å². The van der Waals surface area contributed by atoms with Gasteiger partial charge in [0, 0.05) is 18.5 Å². The Morgan fingerprint density at radius 2 is 1.95 bits per heavy atom. The van der Waals surface area contributed by atoms with Crippen molar-refractivity contribution in [1.29, 1.82) is 0 Å². The van der Waals surface area contributed by atoms with Gasteiger partial charge in [0.15, 0.2) is 0 Å². The number of aryl methyl sites for hydroxylation is 1. The number of rotatable bonds is 7. The molecule has 0 spiro atoms. The van der Waals surface area contributed by atoms with E-state index in [1.54, 1.807) is 6.92 Å². The molecule has 0 aliphatic rings. The second-order valence-electron chi connectivity index (χ2n) is 4.14. The molecule has 0 radical (unpaired) electrons. The summed E-state index contributed by atoms with van der Waals surface area (Å²) in [7, 11) is 0. The molecule has 1 heterocycles. The van der Waals surface area contributed by atoms with Gasteiger partial charge in [0.25, 0.3) is 6.43 Å². The highest BCUT2D eigenvalue weighted by Crippen LogP contribution is 2.20. The third-order valence-electron chi connectivity index (χ3n) is 2.57. The van der Waals surface area contributed by atoms with Gasteiger partial charge in [-0.3, -0.25) is 0 Å². The lowest BCUT2D eigenvalue weighted by Gasteiger charge is -2.15. The molecular weight excluding hydrogens is 256 g/mol. The van der Waals surface area contributed by atoms with Crippen LogP contribution in [0.25, 0.3) is 0 Å². The first-order valence-electron chi connectivity index (χ1n) is 6.03. The number of hydrogen-bond donors (Lipinski definition) is 4. The molecule has 0 aromatic carbocycles. The Bertz CT molecular complexity index is 416. The fourth-order valence-electron chi connectivity index (χ4n) is 1.50. The molecule has 0 aliphatic carbocycles. The maximum atomic E-state index is 12.2. The average Bonchev–Trinajstić information content (AvgIpc) is 2.38. The predicted octanol–water partition coefficient (Wildman–Crippen LogP) is 1.06. The van der Waals surface area contributed by atoms with Crippen LogP contribution in [0.4, 0.5) is 20.4 Å². The number of aromatic nitrogens is 2. The smallest absolute Gasteiger partial charge is 0.265 e. The van der Waals surface area contributed by atoms with E-state index in [1.807, 2.05) is 6.92 Å². The van der Waals surface area contributed by atoms with E-state index < -0.39 is 12.5 Å². The number of nitrogens with zero attached hydrogens (tertiary/aromatic N) is 2. The molecule has 8 heteroatoms. The molecule has 5 N–H and O–H groups in total. The Morgan fingerprint density at radius 1 is 1.32 bits per heavy atom. The first-order valence-corrected chi connectivity index (χ1v) is 6.03. The van der Waals surface area contributed by atoms with Crippen molar-refractivity contribution in [3.63, 3.8) is 0 Å². The van der Waals surface area contributed by atoms with Crippen molar-refractivity contribution >= 4 is 11.6 Å². The molecule has 0 amide bonds. The van der Waals surface area contributed by atoms with Crippen molar-refractivity contribution in [2.75, 3.05) is 17.3 Å². The molecule has 0 fully saturated rings. The Morgan fingerprint density at radius 3 is 2.47 bits per heavy atom. The molecule has 0 saturated heterocycles. The lowest BCUT2D eigenvalue weighted by molar-refractivity contribution is 0.00380. The minimum Gasteiger partial charge on any atom is -0.385 e. The van der Waals surface area contributed by atoms with Gasteiger partial charge in [-0.25, -0.2) is 24.6 Å². The molecule has 19 heavy (non-hydrogen) atoms. The van der Waals surface area contributed by atoms with Crippen molar-refractivity contribution in [3.05, 3.63) is 11.4 Å². The number of nitrogens with one attached hydrogen (secondary N) is 2. The van der Waals surface area contributed by atoms with Crippen LogP contribution in [0, 0.1) is 6.92 Å². The fourth-order valence-corrected chi connectivity index (χ4v) is 1.50. The zero-order chi connectivity index (χ0) is 14.4. The summed E-state index contributed by atoms with van der Waals surface area (Å²) < 4.78 is 24.4. The van der Waals surface area contributed by atoms with Crippen molar-refractivity contribution in [1.82, 2.24) is 9.97 Å². The average molecular weight is 275 g/mol. The summed E-state index contributed by atoms with van der Waals surface area (Å²) in [4.78, 5) is 8.43. The van der Waals surface area contributed by atoms with Gasteiger partial charge in [-0.1, -0.05) is 6.92 Å². The van der Waals surface area contributed by atoms with Crippen LogP contribution in [-0.2, 0) is 6.42 Å². The highest BCUT2D eigenvalue weighted by Gasteiger charge is 2.18. The SMILES string of the molecule is CCCc1nc(NN)c(C)c(NCC(O)C(F)F)n1. The first-order chi connectivity index (χ1) is 8.99. The quantitative estimate of drug-likeness (QED) is 0.439. The fraction of sp³-hybridized carbons (Fsp3) is 0.636. The van der Waals surface area contributed by atoms with Gasteiger partial charge in [-0.2, -0.15) is 0 Å². The van der Waals surface area contributed by atoms with E-state index in [0.717, 1.165) is 6.42 Å². The topological polar surface area (TPSA) is 96.1 Å². The van der Waals surface area contributed by atoms with Crippen molar-refractivity contribution in [3.8, 4) is 0 Å². The van der Waals surface area contributed by atoms with Crippen LogP contribution < -0.4 is 16.6 Å². The van der Waals surface area contributed by atoms with Crippen LogP contribution >= 0.6 is 0 Å². The van der Waals surface area contributed by atoms with E-state index in [0.29, 0.717) is 29.4 Å². The number of nitrogens with two attached hydrogens (primary N) is 1. The Balaban J connectivity index is 2.88. The summed E-state index contributed by atoms with van der Waals surface area (Å²) in [5, 5.41) is 11.8. The van der Waals surface area contributed by atoms with Gasteiger partial charge in [-0.05, 0) is 13.3 Å². The molecule has 0 saturated carbocycles. The highest BCUT2D eigenvalue weighted by atomic mass is 19.3. The van der Waals surface area contributed by atoms with Gasteiger partial charge >= 0.3 is 0 Å². The maximum Gasteiger partial charge on any atom is 0.265 e. The van der Waals surface area contributed by atoms with Crippen LogP contribution in [-0.4, -0.2) is 34.1 Å². The third kappa shape index (κ3) is 4.25. The number of aliphatic hydroxyl groups is 1. The second-order valence-corrected chi connectivity index (χ2v) is 4.14. The molecule has 1 unspecified atom stereocenters. The largest absolute Gasteiger partial charge is 0.385 e. The van der Waals surface area contributed by atoms with E-state index in [4.69, 9.17) is 10.9 Å². The molecule has 6 nitrogen and oxygen atoms in total. The van der Waals surface area contributed by atoms with E-state index in [1.165, 1.54) is 0 Å². The highest BCUT2D eigenvalue weighted by molar-refractivity contribution is 5.56. The van der Waals surface area contributed by atoms with Crippen LogP contribution in [0.2, 0.25) is 0 Å². The minimum absolute atomic E-state index is 0.287. The van der Waals surface area contributed by atoms with Gasteiger partial charge < -0.3 is 15.8 Å². The third-order valence-corrected chi connectivity index (χ3v) is 2.57. The zero-order valence-corrected chi connectivity index (χ0v) is 11.0. The normalized spacial score (nSPS) is 12.6. The van der Waals surface area contributed by atoms with E-state index in [9.17, 15) is 8.78 Å². The summed E-state index contributed by atoms with van der Waals surface area (Å²) >= 11 is 0. The monoisotopic (exact) mass is 275 g/mol. The molecule has 0 bridgehead atoms. The lowest BCUT2D eigenvalue weighted by atomic mass is 10.2. The molecule has 1 aromatic rings. The Hall–Kier alpha value is -1.54. The Labute approximate surface area is 110 Å². The van der Waals surface area contributed by atoms with Crippen LogP contribution in [0.1, 0.15) is 24.7 Å².